The molecule has 0 bridgehead atoms. The van der Waals surface area contributed by atoms with Crippen LogP contribution in [0.15, 0.2) is 24.3 Å². The average Bonchev–Trinajstić information content (AvgIpc) is 3.34. The molecule has 3 atom stereocenters. The summed E-state index contributed by atoms with van der Waals surface area (Å²) in [6.45, 7) is 0.675. The van der Waals surface area contributed by atoms with Gasteiger partial charge in [-0.05, 0) is 24.0 Å². The van der Waals surface area contributed by atoms with E-state index in [0.29, 0.717) is 18.5 Å². The number of alkyl halides is 3. The van der Waals surface area contributed by atoms with Gasteiger partial charge in [0.2, 0.25) is 11.8 Å². The second kappa shape index (κ2) is 6.08. The van der Waals surface area contributed by atoms with Gasteiger partial charge in [0.15, 0.2) is 6.10 Å². The van der Waals surface area contributed by atoms with Crippen LogP contribution in [0.4, 0.5) is 13.2 Å². The molecule has 130 valence electrons. The van der Waals surface area contributed by atoms with Gasteiger partial charge < -0.3 is 15.4 Å². The van der Waals surface area contributed by atoms with E-state index in [1.807, 2.05) is 0 Å². The van der Waals surface area contributed by atoms with E-state index in [4.69, 9.17) is 10.5 Å². The number of carbonyl (C=O) groups excluding carboxylic acids is 2. The Bertz CT molecular complexity index is 662. The molecular formula is C16H17F3N2O3. The summed E-state index contributed by atoms with van der Waals surface area (Å²) in [5, 5.41) is 0. The first-order valence-corrected chi connectivity index (χ1v) is 7.64. The van der Waals surface area contributed by atoms with Crippen molar-refractivity contribution < 1.29 is 27.5 Å². The van der Waals surface area contributed by atoms with E-state index in [0.717, 1.165) is 12.1 Å². The fourth-order valence-electron chi connectivity index (χ4n) is 3.04. The number of carbonyl (C=O) groups is 2. The molecule has 0 radical (unpaired) electrons. The molecule has 0 unspecified atom stereocenters. The van der Waals surface area contributed by atoms with E-state index < -0.39 is 23.8 Å². The number of benzene rings is 1. The third kappa shape index (κ3) is 3.38. The summed E-state index contributed by atoms with van der Waals surface area (Å²) in [4.78, 5) is 25.2. The van der Waals surface area contributed by atoms with Gasteiger partial charge in [0.05, 0.1) is 18.7 Å². The van der Waals surface area contributed by atoms with E-state index in [1.165, 1.54) is 11.0 Å². The Labute approximate surface area is 136 Å². The summed E-state index contributed by atoms with van der Waals surface area (Å²) in [6.07, 6.45) is -4.71. The number of nitrogens with two attached hydrogens (primary N) is 1. The topological polar surface area (TPSA) is 72.6 Å². The third-order valence-electron chi connectivity index (χ3n) is 4.45. The van der Waals surface area contributed by atoms with Crippen LogP contribution < -0.4 is 5.73 Å². The molecule has 1 aliphatic heterocycles. The van der Waals surface area contributed by atoms with Crippen molar-refractivity contribution in [3.63, 3.8) is 0 Å². The fourth-order valence-corrected chi connectivity index (χ4v) is 3.04. The molecule has 2 aliphatic rings. The summed E-state index contributed by atoms with van der Waals surface area (Å²) < 4.78 is 43.5. The zero-order chi connectivity index (χ0) is 17.5. The van der Waals surface area contributed by atoms with Gasteiger partial charge in [-0.1, -0.05) is 18.2 Å². The highest BCUT2D eigenvalue weighted by atomic mass is 19.4. The van der Waals surface area contributed by atoms with Gasteiger partial charge >= 0.3 is 6.18 Å². The molecule has 1 saturated heterocycles. The first-order chi connectivity index (χ1) is 11.3. The smallest absolute Gasteiger partial charge is 0.367 e. The van der Waals surface area contributed by atoms with Gasteiger partial charge in [0, 0.05) is 12.5 Å². The Morgan fingerprint density at radius 1 is 1.29 bits per heavy atom. The summed E-state index contributed by atoms with van der Waals surface area (Å²) in [6, 6.07) is 5.08. The minimum Gasteiger partial charge on any atom is -0.367 e. The zero-order valence-corrected chi connectivity index (χ0v) is 12.8. The highest BCUT2D eigenvalue weighted by Crippen LogP contribution is 2.49. The van der Waals surface area contributed by atoms with E-state index in [2.05, 4.69) is 0 Å². The molecule has 1 saturated carbocycles. The second-order valence-corrected chi connectivity index (χ2v) is 6.12. The SMILES string of the molecule is NC(=O)[C@@H]1CN(C(=O)[C@H]2C[C@H]2c2cccc(C(F)(F)F)c2)CCO1. The van der Waals surface area contributed by atoms with Crippen molar-refractivity contribution >= 4 is 11.8 Å². The lowest BCUT2D eigenvalue weighted by atomic mass is 10.0. The predicted molar refractivity (Wildman–Crippen MR) is 77.8 cm³/mol. The third-order valence-corrected chi connectivity index (χ3v) is 4.45. The number of amides is 2. The summed E-state index contributed by atoms with van der Waals surface area (Å²) in [5.74, 6) is -1.35. The standard InChI is InChI=1S/C16H17F3N2O3/c17-16(18,19)10-3-1-2-9(6-10)11-7-12(11)15(23)21-4-5-24-13(8-21)14(20)22/h1-3,6,11-13H,4-5,7-8H2,(H2,20,22)/t11-,12-,13-/m0/s1. The highest BCUT2D eigenvalue weighted by Gasteiger charge is 2.47. The summed E-state index contributed by atoms with van der Waals surface area (Å²) in [5.41, 5.74) is 5.00. The summed E-state index contributed by atoms with van der Waals surface area (Å²) >= 11 is 0. The molecule has 8 heteroatoms. The maximum absolute atomic E-state index is 12.8. The maximum Gasteiger partial charge on any atom is 0.416 e. The molecule has 2 N–H and O–H groups in total. The molecule has 5 nitrogen and oxygen atoms in total. The molecule has 1 aliphatic carbocycles. The normalized spacial score (nSPS) is 27.0. The lowest BCUT2D eigenvalue weighted by Crippen LogP contribution is -2.50. The Morgan fingerprint density at radius 3 is 2.71 bits per heavy atom. The minimum atomic E-state index is -4.40. The van der Waals surface area contributed by atoms with Gasteiger partial charge in [0.25, 0.3) is 0 Å². The Hall–Kier alpha value is -2.09. The molecule has 2 fully saturated rings. The number of ether oxygens (including phenoxy) is 1. The Kier molecular flexibility index (Phi) is 4.25. The van der Waals surface area contributed by atoms with Gasteiger partial charge in [-0.2, -0.15) is 13.2 Å². The first-order valence-electron chi connectivity index (χ1n) is 7.64. The number of nitrogens with zero attached hydrogens (tertiary/aromatic N) is 1. The van der Waals surface area contributed by atoms with Gasteiger partial charge in [-0.15, -0.1) is 0 Å². The fraction of sp³-hybridized carbons (Fsp3) is 0.500. The maximum atomic E-state index is 12.8. The van der Waals surface area contributed by atoms with Gasteiger partial charge in [-0.25, -0.2) is 0 Å². The van der Waals surface area contributed by atoms with E-state index in [-0.39, 0.29) is 30.9 Å². The van der Waals surface area contributed by atoms with Crippen molar-refractivity contribution in [2.45, 2.75) is 24.6 Å². The van der Waals surface area contributed by atoms with Crippen molar-refractivity contribution in [1.29, 1.82) is 0 Å². The first kappa shape index (κ1) is 16.8. The summed E-state index contributed by atoms with van der Waals surface area (Å²) in [7, 11) is 0. The lowest BCUT2D eigenvalue weighted by molar-refractivity contribution is -0.146. The van der Waals surface area contributed by atoms with Crippen LogP contribution >= 0.6 is 0 Å². The van der Waals surface area contributed by atoms with Gasteiger partial charge in [-0.3, -0.25) is 9.59 Å². The van der Waals surface area contributed by atoms with Crippen molar-refractivity contribution in [1.82, 2.24) is 4.90 Å². The second-order valence-electron chi connectivity index (χ2n) is 6.12. The lowest BCUT2D eigenvalue weighted by Gasteiger charge is -2.31. The van der Waals surface area contributed by atoms with Crippen LogP contribution in [0, 0.1) is 5.92 Å². The van der Waals surface area contributed by atoms with Crippen molar-refractivity contribution in [2.24, 2.45) is 11.7 Å². The van der Waals surface area contributed by atoms with E-state index >= 15 is 0 Å². The minimum absolute atomic E-state index is 0.0972. The average molecular weight is 342 g/mol. The van der Waals surface area contributed by atoms with E-state index in [9.17, 15) is 22.8 Å². The predicted octanol–water partition coefficient (Wildman–Crippen LogP) is 1.52. The number of primary amides is 1. The van der Waals surface area contributed by atoms with Crippen molar-refractivity contribution in [3.8, 4) is 0 Å². The zero-order valence-electron chi connectivity index (χ0n) is 12.8. The number of hydrogen-bond acceptors (Lipinski definition) is 3. The largest absolute Gasteiger partial charge is 0.416 e. The quantitative estimate of drug-likeness (QED) is 0.905. The van der Waals surface area contributed by atoms with E-state index in [1.54, 1.807) is 6.07 Å². The number of halogens is 3. The van der Waals surface area contributed by atoms with Crippen molar-refractivity contribution in [2.75, 3.05) is 19.7 Å². The molecule has 2 amide bonds. The molecule has 1 aromatic carbocycles. The Morgan fingerprint density at radius 2 is 2.04 bits per heavy atom. The molecule has 1 heterocycles. The van der Waals surface area contributed by atoms with Gasteiger partial charge in [0.1, 0.15) is 0 Å². The molecule has 0 aromatic heterocycles. The monoisotopic (exact) mass is 342 g/mol. The molecule has 3 rings (SSSR count). The highest BCUT2D eigenvalue weighted by molar-refractivity contribution is 5.85. The van der Waals surface area contributed by atoms with Crippen LogP contribution in [0.3, 0.4) is 0 Å². The molecule has 1 aromatic rings. The van der Waals surface area contributed by atoms with Crippen molar-refractivity contribution in [3.05, 3.63) is 35.4 Å². The molecule has 0 spiro atoms. The van der Waals surface area contributed by atoms with Crippen LogP contribution in [-0.4, -0.2) is 42.5 Å². The number of morpholine rings is 1. The molecule has 24 heavy (non-hydrogen) atoms. The van der Waals surface area contributed by atoms with Crippen LogP contribution in [0.2, 0.25) is 0 Å². The van der Waals surface area contributed by atoms with Crippen LogP contribution in [0.1, 0.15) is 23.5 Å². The Balaban J connectivity index is 1.67. The van der Waals surface area contributed by atoms with Crippen LogP contribution in [-0.2, 0) is 20.5 Å². The van der Waals surface area contributed by atoms with Crippen LogP contribution in [0.5, 0.6) is 0 Å². The van der Waals surface area contributed by atoms with Crippen LogP contribution in [0.25, 0.3) is 0 Å². The number of hydrogen-bond donors (Lipinski definition) is 1. The number of rotatable bonds is 3. The molecular weight excluding hydrogens is 325 g/mol.